The number of hydrogen-bond donors (Lipinski definition) is 1. The molecule has 1 aromatic carbocycles. The zero-order valence-corrected chi connectivity index (χ0v) is 12.9. The number of aryl methyl sites for hydroxylation is 1. The molecule has 0 atom stereocenters. The fourth-order valence-electron chi connectivity index (χ4n) is 1.88. The van der Waals surface area contributed by atoms with Gasteiger partial charge in [-0.15, -0.1) is 10.2 Å². The van der Waals surface area contributed by atoms with E-state index in [1.165, 1.54) is 22.0 Å². The normalized spacial score (nSPS) is 10.8. The van der Waals surface area contributed by atoms with E-state index in [2.05, 4.69) is 10.2 Å². The van der Waals surface area contributed by atoms with E-state index in [1.54, 1.807) is 18.4 Å². The SMILES string of the molecule is Cc1ccc(OCCSc2nnc(-c3ccco3)n2N)cc1. The van der Waals surface area contributed by atoms with Gasteiger partial charge in [-0.1, -0.05) is 29.5 Å². The summed E-state index contributed by atoms with van der Waals surface area (Å²) in [6, 6.07) is 11.5. The second kappa shape index (κ2) is 6.57. The predicted molar refractivity (Wildman–Crippen MR) is 85.3 cm³/mol. The maximum Gasteiger partial charge on any atom is 0.218 e. The maximum atomic E-state index is 5.97. The molecule has 0 radical (unpaired) electrons. The molecule has 0 saturated heterocycles. The Balaban J connectivity index is 1.53. The summed E-state index contributed by atoms with van der Waals surface area (Å²) in [6.45, 7) is 2.61. The van der Waals surface area contributed by atoms with E-state index in [1.807, 2.05) is 31.2 Å². The van der Waals surface area contributed by atoms with E-state index in [-0.39, 0.29) is 0 Å². The number of thioether (sulfide) groups is 1. The first kappa shape index (κ1) is 14.5. The standard InChI is InChI=1S/C15H16N4O2S/c1-11-4-6-12(7-5-11)20-9-10-22-15-18-17-14(19(15)16)13-3-2-8-21-13/h2-8H,9-10,16H2,1H3. The Labute approximate surface area is 132 Å². The van der Waals surface area contributed by atoms with Crippen LogP contribution in [0.5, 0.6) is 5.75 Å². The van der Waals surface area contributed by atoms with E-state index in [0.717, 1.165) is 11.5 Å². The van der Waals surface area contributed by atoms with Crippen LogP contribution in [0.3, 0.4) is 0 Å². The van der Waals surface area contributed by atoms with Gasteiger partial charge in [-0.3, -0.25) is 0 Å². The molecule has 7 heteroatoms. The quantitative estimate of drug-likeness (QED) is 0.428. The fourth-order valence-corrected chi connectivity index (χ4v) is 2.55. The smallest absolute Gasteiger partial charge is 0.218 e. The number of nitrogens with zero attached hydrogens (tertiary/aromatic N) is 3. The third kappa shape index (κ3) is 3.25. The first-order chi connectivity index (χ1) is 10.7. The Kier molecular flexibility index (Phi) is 4.34. The summed E-state index contributed by atoms with van der Waals surface area (Å²) in [4.78, 5) is 0. The topological polar surface area (TPSA) is 79.1 Å². The van der Waals surface area contributed by atoms with Crippen molar-refractivity contribution in [3.8, 4) is 17.3 Å². The lowest BCUT2D eigenvalue weighted by Gasteiger charge is -2.06. The molecule has 0 bridgehead atoms. The van der Waals surface area contributed by atoms with Gasteiger partial charge in [0.1, 0.15) is 5.75 Å². The molecule has 0 aliphatic rings. The number of rotatable bonds is 6. The van der Waals surface area contributed by atoms with Crippen LogP contribution < -0.4 is 10.6 Å². The molecule has 114 valence electrons. The van der Waals surface area contributed by atoms with Crippen LogP contribution in [0.25, 0.3) is 11.6 Å². The van der Waals surface area contributed by atoms with E-state index < -0.39 is 0 Å². The molecule has 3 rings (SSSR count). The number of nitrogen functional groups attached to an aromatic ring is 1. The Bertz CT molecular complexity index is 723. The van der Waals surface area contributed by atoms with Crippen molar-refractivity contribution in [3.05, 3.63) is 48.2 Å². The molecule has 6 nitrogen and oxygen atoms in total. The number of ether oxygens (including phenoxy) is 1. The molecule has 22 heavy (non-hydrogen) atoms. The second-order valence-electron chi connectivity index (χ2n) is 4.66. The van der Waals surface area contributed by atoms with Crippen molar-refractivity contribution in [1.82, 2.24) is 14.9 Å². The fraction of sp³-hybridized carbons (Fsp3) is 0.200. The van der Waals surface area contributed by atoms with Gasteiger partial charge in [-0.05, 0) is 31.2 Å². The number of hydrogen-bond acceptors (Lipinski definition) is 6. The summed E-state index contributed by atoms with van der Waals surface area (Å²) in [5, 5.41) is 8.72. The third-order valence-corrected chi connectivity index (χ3v) is 3.92. The summed E-state index contributed by atoms with van der Waals surface area (Å²) < 4.78 is 12.4. The molecule has 0 amide bonds. The Morgan fingerprint density at radius 2 is 2.05 bits per heavy atom. The van der Waals surface area contributed by atoms with Crippen molar-refractivity contribution < 1.29 is 9.15 Å². The average Bonchev–Trinajstić information content (AvgIpc) is 3.16. The molecule has 0 saturated carbocycles. The molecular weight excluding hydrogens is 300 g/mol. The third-order valence-electron chi connectivity index (χ3n) is 3.01. The molecule has 0 aliphatic heterocycles. The van der Waals surface area contributed by atoms with Crippen molar-refractivity contribution in [2.24, 2.45) is 0 Å². The van der Waals surface area contributed by atoms with Crippen molar-refractivity contribution in [3.63, 3.8) is 0 Å². The van der Waals surface area contributed by atoms with Crippen molar-refractivity contribution in [1.29, 1.82) is 0 Å². The lowest BCUT2D eigenvalue weighted by molar-refractivity contribution is 0.344. The van der Waals surface area contributed by atoms with Gasteiger partial charge < -0.3 is 15.0 Å². The van der Waals surface area contributed by atoms with Crippen LogP contribution in [0.15, 0.2) is 52.2 Å². The van der Waals surface area contributed by atoms with Crippen LogP contribution >= 0.6 is 11.8 Å². The van der Waals surface area contributed by atoms with Gasteiger partial charge in [0, 0.05) is 5.75 Å². The first-order valence-corrected chi connectivity index (χ1v) is 7.79. The summed E-state index contributed by atoms with van der Waals surface area (Å²) in [7, 11) is 0. The van der Waals surface area contributed by atoms with Crippen molar-refractivity contribution in [2.75, 3.05) is 18.2 Å². The van der Waals surface area contributed by atoms with Crippen LogP contribution in [-0.2, 0) is 0 Å². The van der Waals surface area contributed by atoms with Gasteiger partial charge in [0.15, 0.2) is 5.76 Å². The molecule has 0 aliphatic carbocycles. The Morgan fingerprint density at radius 3 is 2.77 bits per heavy atom. The van der Waals surface area contributed by atoms with Gasteiger partial charge in [0.05, 0.1) is 12.9 Å². The molecule has 2 N–H and O–H groups in total. The highest BCUT2D eigenvalue weighted by Gasteiger charge is 2.13. The van der Waals surface area contributed by atoms with Gasteiger partial charge >= 0.3 is 0 Å². The zero-order valence-electron chi connectivity index (χ0n) is 12.1. The van der Waals surface area contributed by atoms with Gasteiger partial charge in [-0.25, -0.2) is 4.68 Å². The summed E-state index contributed by atoms with van der Waals surface area (Å²) in [5.74, 6) is 8.66. The van der Waals surface area contributed by atoms with E-state index in [0.29, 0.717) is 23.3 Å². The summed E-state index contributed by atoms with van der Waals surface area (Å²) in [5.41, 5.74) is 1.21. The molecule has 0 fully saturated rings. The minimum atomic E-state index is 0.506. The highest BCUT2D eigenvalue weighted by atomic mass is 32.2. The van der Waals surface area contributed by atoms with E-state index in [9.17, 15) is 0 Å². The van der Waals surface area contributed by atoms with Gasteiger partial charge in [0.25, 0.3) is 0 Å². The molecule has 2 aromatic heterocycles. The highest BCUT2D eigenvalue weighted by molar-refractivity contribution is 7.99. The molecule has 0 spiro atoms. The van der Waals surface area contributed by atoms with Crippen molar-refractivity contribution >= 4 is 11.8 Å². The van der Waals surface area contributed by atoms with E-state index in [4.69, 9.17) is 15.0 Å². The lowest BCUT2D eigenvalue weighted by Crippen LogP contribution is -2.12. The summed E-state index contributed by atoms with van der Waals surface area (Å²) in [6.07, 6.45) is 1.58. The largest absolute Gasteiger partial charge is 0.493 e. The van der Waals surface area contributed by atoms with E-state index >= 15 is 0 Å². The first-order valence-electron chi connectivity index (χ1n) is 6.80. The number of furan rings is 1. The molecule has 2 heterocycles. The number of benzene rings is 1. The molecular formula is C15H16N4O2S. The van der Waals surface area contributed by atoms with Crippen LogP contribution in [0, 0.1) is 6.92 Å². The Morgan fingerprint density at radius 1 is 1.23 bits per heavy atom. The van der Waals surface area contributed by atoms with Crippen LogP contribution in [-0.4, -0.2) is 27.2 Å². The lowest BCUT2D eigenvalue weighted by atomic mass is 10.2. The van der Waals surface area contributed by atoms with Crippen LogP contribution in [0.1, 0.15) is 5.56 Å². The monoisotopic (exact) mass is 316 g/mol. The van der Waals surface area contributed by atoms with Crippen LogP contribution in [0.4, 0.5) is 0 Å². The number of nitrogens with two attached hydrogens (primary N) is 1. The van der Waals surface area contributed by atoms with Gasteiger partial charge in [-0.2, -0.15) is 0 Å². The maximum absolute atomic E-state index is 5.97. The summed E-state index contributed by atoms with van der Waals surface area (Å²) >= 11 is 1.49. The second-order valence-corrected chi connectivity index (χ2v) is 5.73. The number of aromatic nitrogens is 3. The van der Waals surface area contributed by atoms with Crippen molar-refractivity contribution in [2.45, 2.75) is 12.1 Å². The minimum Gasteiger partial charge on any atom is -0.493 e. The molecule has 0 unspecified atom stereocenters. The molecule has 3 aromatic rings. The van der Waals surface area contributed by atoms with Gasteiger partial charge in [0.2, 0.25) is 11.0 Å². The minimum absolute atomic E-state index is 0.506. The average molecular weight is 316 g/mol. The highest BCUT2D eigenvalue weighted by Crippen LogP contribution is 2.21. The zero-order chi connectivity index (χ0) is 15.4. The Hall–Kier alpha value is -2.41. The predicted octanol–water partition coefficient (Wildman–Crippen LogP) is 2.73. The van der Waals surface area contributed by atoms with Crippen LogP contribution in [0.2, 0.25) is 0 Å².